The third kappa shape index (κ3) is 1.51. The van der Waals surface area contributed by atoms with Gasteiger partial charge in [0.1, 0.15) is 11.5 Å². The number of rotatable bonds is 1. The van der Waals surface area contributed by atoms with E-state index in [1.54, 1.807) is 0 Å². The van der Waals surface area contributed by atoms with Crippen LogP contribution in [-0.2, 0) is 0 Å². The normalized spacial score (nSPS) is 15.9. The number of nitrogens with zero attached hydrogens (tertiary/aromatic N) is 2. The van der Waals surface area contributed by atoms with E-state index in [9.17, 15) is 0 Å². The van der Waals surface area contributed by atoms with Crippen LogP contribution in [-0.4, -0.2) is 28.0 Å². The average Bonchev–Trinajstić information content (AvgIpc) is 3.00. The van der Waals surface area contributed by atoms with Gasteiger partial charge in [0.05, 0.1) is 0 Å². The molecule has 0 amide bonds. The fraction of sp³-hybridized carbons (Fsp3) is 0.143. The zero-order chi connectivity index (χ0) is 13.7. The topological polar surface area (TPSA) is 24.9 Å². The van der Waals surface area contributed by atoms with Crippen LogP contribution in [0.4, 0.5) is 11.4 Å². The van der Waals surface area contributed by atoms with Crippen LogP contribution in [0.2, 0.25) is 0 Å². The molecule has 4 rings (SSSR count). The molecule has 0 N–H and O–H groups in total. The van der Waals surface area contributed by atoms with Crippen molar-refractivity contribution in [2.45, 2.75) is 0 Å². The van der Waals surface area contributed by atoms with Gasteiger partial charge in [-0.2, -0.15) is 0 Å². The maximum atomic E-state index is 5.96. The highest BCUT2D eigenvalue weighted by molar-refractivity contribution is 7.21. The van der Waals surface area contributed by atoms with E-state index >= 15 is 0 Å². The Hall–Kier alpha value is -2.23. The summed E-state index contributed by atoms with van der Waals surface area (Å²) in [4.78, 5) is 4.40. The highest BCUT2D eigenvalue weighted by Crippen LogP contribution is 2.39. The van der Waals surface area contributed by atoms with Crippen LogP contribution in [0.5, 0.6) is 11.5 Å². The Labute approximate surface area is 119 Å². The molecule has 0 aromatic heterocycles. The molecule has 2 heterocycles. The van der Waals surface area contributed by atoms with Crippen LogP contribution in [0, 0.1) is 0 Å². The highest BCUT2D eigenvalue weighted by atomic mass is 16.6. The van der Waals surface area contributed by atoms with Gasteiger partial charge in [0, 0.05) is 11.4 Å². The van der Waals surface area contributed by atoms with E-state index in [1.165, 1.54) is 11.4 Å². The van der Waals surface area contributed by atoms with Crippen molar-refractivity contribution in [2.24, 2.45) is 0 Å². The summed E-state index contributed by atoms with van der Waals surface area (Å²) in [5.74, 6) is 1.63. The summed E-state index contributed by atoms with van der Waals surface area (Å²) >= 11 is 0. The predicted octanol–water partition coefficient (Wildman–Crippen LogP) is 2.10. The van der Waals surface area contributed by atoms with Crippen molar-refractivity contribution >= 4 is 25.3 Å². The maximum absolute atomic E-state index is 5.96. The third-order valence-electron chi connectivity index (χ3n) is 4.01. The lowest BCUT2D eigenvalue weighted by Gasteiger charge is -2.23. The number of para-hydroxylation sites is 4. The van der Waals surface area contributed by atoms with E-state index < -0.39 is 0 Å². The highest BCUT2D eigenvalue weighted by Gasteiger charge is 2.53. The quantitative estimate of drug-likeness (QED) is 0.736. The number of fused-ring (bicyclic) bond motifs is 2. The summed E-state index contributed by atoms with van der Waals surface area (Å²) in [6.45, 7) is 0.0276. The van der Waals surface area contributed by atoms with Crippen molar-refractivity contribution in [2.75, 3.05) is 23.7 Å². The Morgan fingerprint density at radius 3 is 1.70 bits per heavy atom. The Bertz CT molecular complexity index is 613. The Morgan fingerprint density at radius 2 is 1.20 bits per heavy atom. The fourth-order valence-corrected chi connectivity index (χ4v) is 3.01. The first kappa shape index (κ1) is 11.6. The second-order valence-electron chi connectivity index (χ2n) is 5.17. The van der Waals surface area contributed by atoms with Crippen molar-refractivity contribution in [3.63, 3.8) is 0 Å². The lowest BCUT2D eigenvalue weighted by Crippen LogP contribution is -2.60. The summed E-state index contributed by atoms with van der Waals surface area (Å²) in [6, 6.07) is 16.1. The van der Waals surface area contributed by atoms with Gasteiger partial charge < -0.3 is 18.9 Å². The van der Waals surface area contributed by atoms with Gasteiger partial charge in [-0.25, -0.2) is 0 Å². The van der Waals surface area contributed by atoms with Crippen molar-refractivity contribution in [3.05, 3.63) is 48.5 Å². The molecule has 2 aromatic carbocycles. The SMILES string of the molecule is CN1B(B2Oc3ccccc3O2)N(C)c2ccccc21. The summed E-state index contributed by atoms with van der Waals surface area (Å²) in [7, 11) is 3.82. The molecule has 20 heavy (non-hydrogen) atoms. The summed E-state index contributed by atoms with van der Waals surface area (Å²) < 4.78 is 11.9. The molecular formula is C14H14B2N2O2. The molecule has 0 spiro atoms. The average molecular weight is 264 g/mol. The second kappa shape index (κ2) is 4.13. The molecule has 0 atom stereocenters. The van der Waals surface area contributed by atoms with Gasteiger partial charge in [0.15, 0.2) is 0 Å². The first-order valence-electron chi connectivity index (χ1n) is 6.73. The van der Waals surface area contributed by atoms with Crippen LogP contribution in [0.25, 0.3) is 0 Å². The predicted molar refractivity (Wildman–Crippen MR) is 82.5 cm³/mol. The molecule has 0 fully saturated rings. The van der Waals surface area contributed by atoms with Crippen LogP contribution in [0.15, 0.2) is 48.5 Å². The maximum Gasteiger partial charge on any atom is 0.598 e. The van der Waals surface area contributed by atoms with E-state index in [-0.39, 0.29) is 13.9 Å². The minimum absolute atomic E-state index is 0.0276. The van der Waals surface area contributed by atoms with Gasteiger partial charge in [-0.3, -0.25) is 0 Å². The lowest BCUT2D eigenvalue weighted by atomic mass is 9.39. The molecule has 0 saturated carbocycles. The van der Waals surface area contributed by atoms with Gasteiger partial charge in [0.2, 0.25) is 0 Å². The minimum atomic E-state index is -0.324. The molecule has 6 heteroatoms. The molecule has 0 unspecified atom stereocenters. The molecule has 2 aromatic rings. The molecule has 0 radical (unpaired) electrons. The number of hydrogen-bond acceptors (Lipinski definition) is 4. The molecule has 4 nitrogen and oxygen atoms in total. The van der Waals surface area contributed by atoms with E-state index in [1.807, 2.05) is 24.3 Å². The Kier molecular flexibility index (Phi) is 2.39. The van der Waals surface area contributed by atoms with Crippen molar-refractivity contribution < 1.29 is 9.31 Å². The van der Waals surface area contributed by atoms with Crippen molar-refractivity contribution in [3.8, 4) is 11.5 Å². The van der Waals surface area contributed by atoms with Gasteiger partial charge in [-0.15, -0.1) is 0 Å². The number of hydrogen-bond donors (Lipinski definition) is 0. The standard InChI is InChI=1S/C14H14B2N2O2/c1-17-11-7-3-4-8-12(11)18(2)15(17)16-19-13-9-5-6-10-14(13)20-16/h3-10H,1-2H3. The lowest BCUT2D eigenvalue weighted by molar-refractivity contribution is 0.524. The smallest absolute Gasteiger partial charge is 0.527 e. The van der Waals surface area contributed by atoms with Crippen LogP contribution >= 0.6 is 0 Å². The molecular weight excluding hydrogens is 250 g/mol. The molecule has 0 saturated heterocycles. The number of anilines is 2. The van der Waals surface area contributed by atoms with E-state index in [0.29, 0.717) is 0 Å². The van der Waals surface area contributed by atoms with E-state index in [2.05, 4.69) is 48.0 Å². The Balaban J connectivity index is 1.66. The van der Waals surface area contributed by atoms with Gasteiger partial charge in [0.25, 0.3) is 0 Å². The fourth-order valence-electron chi connectivity index (χ4n) is 3.01. The molecule has 98 valence electrons. The summed E-state index contributed by atoms with van der Waals surface area (Å²) in [5.41, 5.74) is 2.39. The van der Waals surface area contributed by atoms with Crippen molar-refractivity contribution in [1.82, 2.24) is 0 Å². The van der Waals surface area contributed by atoms with E-state index in [0.717, 1.165) is 11.5 Å². The van der Waals surface area contributed by atoms with Crippen LogP contribution in [0.1, 0.15) is 0 Å². The van der Waals surface area contributed by atoms with Gasteiger partial charge in [-0.1, -0.05) is 24.3 Å². The van der Waals surface area contributed by atoms with Gasteiger partial charge >= 0.3 is 13.9 Å². The molecule has 0 aliphatic carbocycles. The Morgan fingerprint density at radius 1 is 0.750 bits per heavy atom. The zero-order valence-corrected chi connectivity index (χ0v) is 11.5. The molecule has 2 aliphatic heterocycles. The van der Waals surface area contributed by atoms with Gasteiger partial charge in [-0.05, 0) is 38.4 Å². The minimum Gasteiger partial charge on any atom is -0.527 e. The summed E-state index contributed by atoms with van der Waals surface area (Å²) in [6.07, 6.45) is 0. The zero-order valence-electron chi connectivity index (χ0n) is 11.5. The monoisotopic (exact) mass is 264 g/mol. The first-order valence-corrected chi connectivity index (χ1v) is 6.73. The number of benzene rings is 2. The molecule has 2 aliphatic rings. The van der Waals surface area contributed by atoms with Crippen LogP contribution < -0.4 is 18.9 Å². The van der Waals surface area contributed by atoms with E-state index in [4.69, 9.17) is 9.31 Å². The third-order valence-corrected chi connectivity index (χ3v) is 4.01. The summed E-state index contributed by atoms with van der Waals surface area (Å²) in [5, 5.41) is 0. The van der Waals surface area contributed by atoms with Crippen molar-refractivity contribution in [1.29, 1.82) is 0 Å². The second-order valence-corrected chi connectivity index (χ2v) is 5.17. The van der Waals surface area contributed by atoms with Crippen LogP contribution in [0.3, 0.4) is 0 Å². The molecule has 0 bridgehead atoms. The largest absolute Gasteiger partial charge is 0.598 e. The first-order chi connectivity index (χ1) is 9.75.